The van der Waals surface area contributed by atoms with Gasteiger partial charge in [0.05, 0.1) is 18.7 Å². The quantitative estimate of drug-likeness (QED) is 0.342. The molecule has 5 nitrogen and oxygen atoms in total. The predicted molar refractivity (Wildman–Crippen MR) is 104 cm³/mol. The van der Waals surface area contributed by atoms with Gasteiger partial charge in [0.15, 0.2) is 0 Å². The van der Waals surface area contributed by atoms with Crippen LogP contribution in [0.5, 0.6) is 0 Å². The van der Waals surface area contributed by atoms with Gasteiger partial charge in [-0.15, -0.1) is 11.3 Å². The van der Waals surface area contributed by atoms with Crippen LogP contribution in [0.1, 0.15) is 30.7 Å². The molecule has 0 atom stereocenters. The molecule has 1 aromatic carbocycles. The lowest BCUT2D eigenvalue weighted by atomic mass is 10.1. The lowest BCUT2D eigenvalue weighted by Gasteiger charge is -2.05. The third kappa shape index (κ3) is 4.53. The number of aromatic nitrogens is 1. The number of carbonyl (C=O) groups excluding carboxylic acids is 1. The second-order valence-electron chi connectivity index (χ2n) is 5.65. The second-order valence-corrected chi connectivity index (χ2v) is 7.73. The normalized spacial score (nSPS) is 11.0. The Bertz CT molecular complexity index is 977. The van der Waals surface area contributed by atoms with Gasteiger partial charge in [-0.05, 0) is 30.5 Å². The van der Waals surface area contributed by atoms with Gasteiger partial charge in [-0.25, -0.2) is 9.78 Å². The molecule has 0 N–H and O–H groups in total. The molecule has 0 aliphatic heterocycles. The molecule has 136 valence electrons. The van der Waals surface area contributed by atoms with Crippen LogP contribution in [-0.4, -0.2) is 17.6 Å². The smallest absolute Gasteiger partial charge is 0.336 e. The van der Waals surface area contributed by atoms with Crippen molar-refractivity contribution >= 4 is 40.0 Å². The van der Waals surface area contributed by atoms with Crippen LogP contribution in [0.2, 0.25) is 0 Å². The van der Waals surface area contributed by atoms with Crippen molar-refractivity contribution in [1.82, 2.24) is 4.98 Å². The van der Waals surface area contributed by atoms with Gasteiger partial charge in [0.25, 0.3) is 0 Å². The number of hydrogen-bond donors (Lipinski definition) is 0. The van der Waals surface area contributed by atoms with Crippen LogP contribution in [0, 0.1) is 0 Å². The standard InChI is InChI=1S/C19H19NO4S2/c1-3-12-5-6-15-13(8-18(22)24-16(15)7-12)10-25-19-20-14(11-26-19)9-17(21)23-4-2/h5-8,11H,3-4,9-10H2,1-2H3. The summed E-state index contributed by atoms with van der Waals surface area (Å²) in [6, 6.07) is 7.51. The fraction of sp³-hybridized carbons (Fsp3) is 0.316. The van der Waals surface area contributed by atoms with E-state index in [1.807, 2.05) is 17.5 Å². The van der Waals surface area contributed by atoms with E-state index < -0.39 is 0 Å². The highest BCUT2D eigenvalue weighted by atomic mass is 32.2. The molecule has 0 amide bonds. The van der Waals surface area contributed by atoms with Gasteiger partial charge >= 0.3 is 11.6 Å². The summed E-state index contributed by atoms with van der Waals surface area (Å²) in [6.45, 7) is 4.22. The van der Waals surface area contributed by atoms with Gasteiger partial charge in [0, 0.05) is 22.6 Å². The molecule has 0 radical (unpaired) electrons. The van der Waals surface area contributed by atoms with E-state index in [4.69, 9.17) is 9.15 Å². The van der Waals surface area contributed by atoms with Gasteiger partial charge in [-0.2, -0.15) is 0 Å². The Morgan fingerprint density at radius 2 is 2.15 bits per heavy atom. The highest BCUT2D eigenvalue weighted by Crippen LogP contribution is 2.29. The minimum absolute atomic E-state index is 0.183. The maximum atomic E-state index is 11.9. The van der Waals surface area contributed by atoms with Gasteiger partial charge in [0.2, 0.25) is 0 Å². The molecule has 3 aromatic rings. The number of thioether (sulfide) groups is 1. The van der Waals surface area contributed by atoms with Crippen molar-refractivity contribution in [2.75, 3.05) is 6.61 Å². The summed E-state index contributed by atoms with van der Waals surface area (Å²) < 4.78 is 11.1. The molecule has 0 aliphatic carbocycles. The largest absolute Gasteiger partial charge is 0.466 e. The first-order chi connectivity index (χ1) is 12.6. The summed E-state index contributed by atoms with van der Waals surface area (Å²) in [7, 11) is 0. The van der Waals surface area contributed by atoms with E-state index in [0.29, 0.717) is 23.6 Å². The maximum Gasteiger partial charge on any atom is 0.336 e. The number of thiazole rings is 1. The summed E-state index contributed by atoms with van der Waals surface area (Å²) in [5, 5.41) is 2.81. The van der Waals surface area contributed by atoms with E-state index in [2.05, 4.69) is 18.0 Å². The number of hydrogen-bond acceptors (Lipinski definition) is 7. The predicted octanol–water partition coefficient (Wildman–Crippen LogP) is 4.21. The number of esters is 1. The van der Waals surface area contributed by atoms with Crippen LogP contribution >= 0.6 is 23.1 Å². The second kappa shape index (κ2) is 8.51. The Kier molecular flexibility index (Phi) is 6.11. The number of aryl methyl sites for hydroxylation is 1. The van der Waals surface area contributed by atoms with Crippen molar-refractivity contribution in [1.29, 1.82) is 0 Å². The fourth-order valence-electron chi connectivity index (χ4n) is 2.55. The lowest BCUT2D eigenvalue weighted by molar-refractivity contribution is -0.142. The van der Waals surface area contributed by atoms with Crippen LogP contribution in [0.3, 0.4) is 0 Å². The molecule has 7 heteroatoms. The van der Waals surface area contributed by atoms with Crippen molar-refractivity contribution in [3.8, 4) is 0 Å². The Morgan fingerprint density at radius 1 is 1.31 bits per heavy atom. The molecule has 0 bridgehead atoms. The molecular formula is C19H19NO4S2. The molecule has 0 saturated carbocycles. The van der Waals surface area contributed by atoms with Gasteiger partial charge in [0.1, 0.15) is 9.92 Å². The summed E-state index contributed by atoms with van der Waals surface area (Å²) >= 11 is 3.03. The average molecular weight is 389 g/mol. The zero-order valence-corrected chi connectivity index (χ0v) is 16.2. The highest BCUT2D eigenvalue weighted by Gasteiger charge is 2.11. The van der Waals surface area contributed by atoms with Crippen LogP contribution in [0.4, 0.5) is 0 Å². The first-order valence-electron chi connectivity index (χ1n) is 8.37. The summed E-state index contributed by atoms with van der Waals surface area (Å²) in [6.07, 6.45) is 1.07. The Labute approximate surface area is 159 Å². The third-order valence-corrected chi connectivity index (χ3v) is 5.93. The highest BCUT2D eigenvalue weighted by molar-refractivity contribution is 8.00. The van der Waals surface area contributed by atoms with Crippen molar-refractivity contribution < 1.29 is 13.9 Å². The van der Waals surface area contributed by atoms with E-state index in [1.165, 1.54) is 17.4 Å². The third-order valence-electron chi connectivity index (χ3n) is 3.82. The maximum absolute atomic E-state index is 11.9. The zero-order valence-electron chi connectivity index (χ0n) is 14.6. The summed E-state index contributed by atoms with van der Waals surface area (Å²) in [4.78, 5) is 27.8. The molecule has 0 fully saturated rings. The molecule has 0 aliphatic rings. The number of rotatable bonds is 7. The SMILES string of the molecule is CCOC(=O)Cc1csc(SCc2cc(=O)oc3cc(CC)ccc23)n1. The monoisotopic (exact) mass is 389 g/mol. The summed E-state index contributed by atoms with van der Waals surface area (Å²) in [5.74, 6) is 0.340. The topological polar surface area (TPSA) is 69.4 Å². The van der Waals surface area contributed by atoms with Gasteiger partial charge in [-0.3, -0.25) is 4.79 Å². The van der Waals surface area contributed by atoms with Crippen LogP contribution in [0.15, 0.2) is 43.2 Å². The zero-order chi connectivity index (χ0) is 18.5. The van der Waals surface area contributed by atoms with Crippen LogP contribution < -0.4 is 5.63 Å². The number of fused-ring (bicyclic) bond motifs is 1. The van der Waals surface area contributed by atoms with E-state index in [-0.39, 0.29) is 18.0 Å². The Morgan fingerprint density at radius 3 is 2.92 bits per heavy atom. The Balaban J connectivity index is 1.75. The van der Waals surface area contributed by atoms with E-state index in [9.17, 15) is 9.59 Å². The molecule has 0 spiro atoms. The molecule has 0 unspecified atom stereocenters. The molecule has 3 rings (SSSR count). The Hall–Kier alpha value is -2.12. The minimum atomic E-state index is -0.344. The first kappa shape index (κ1) is 18.7. The number of benzene rings is 1. The molecule has 2 heterocycles. The van der Waals surface area contributed by atoms with Crippen molar-refractivity contribution in [3.05, 3.63) is 56.9 Å². The van der Waals surface area contributed by atoms with Gasteiger partial charge < -0.3 is 9.15 Å². The van der Waals surface area contributed by atoms with E-state index >= 15 is 0 Å². The minimum Gasteiger partial charge on any atom is -0.466 e. The fourth-order valence-corrected chi connectivity index (χ4v) is 4.38. The van der Waals surface area contributed by atoms with Crippen molar-refractivity contribution in [3.63, 3.8) is 0 Å². The van der Waals surface area contributed by atoms with Crippen molar-refractivity contribution in [2.45, 2.75) is 36.8 Å². The van der Waals surface area contributed by atoms with Crippen LogP contribution in [-0.2, 0) is 28.1 Å². The van der Waals surface area contributed by atoms with Crippen molar-refractivity contribution in [2.24, 2.45) is 0 Å². The van der Waals surface area contributed by atoms with E-state index in [1.54, 1.807) is 18.7 Å². The molecule has 2 aromatic heterocycles. The summed E-state index contributed by atoms with van der Waals surface area (Å²) in [5.41, 5.74) is 3.04. The molecule has 0 saturated heterocycles. The molecule has 26 heavy (non-hydrogen) atoms. The average Bonchev–Trinajstić information content (AvgIpc) is 3.06. The lowest BCUT2D eigenvalue weighted by Crippen LogP contribution is -2.07. The molecular weight excluding hydrogens is 370 g/mol. The number of carbonyl (C=O) groups is 1. The number of nitrogens with zero attached hydrogens (tertiary/aromatic N) is 1. The first-order valence-corrected chi connectivity index (χ1v) is 10.2. The van der Waals surface area contributed by atoms with Gasteiger partial charge in [-0.1, -0.05) is 30.8 Å². The number of ether oxygens (including phenoxy) is 1. The van der Waals surface area contributed by atoms with Crippen LogP contribution in [0.25, 0.3) is 11.0 Å². The van der Waals surface area contributed by atoms with E-state index in [0.717, 1.165) is 27.3 Å².